The summed E-state index contributed by atoms with van der Waals surface area (Å²) in [5.41, 5.74) is 3.18. The van der Waals surface area contributed by atoms with Gasteiger partial charge in [0.1, 0.15) is 5.75 Å². The molecule has 0 atom stereocenters. The summed E-state index contributed by atoms with van der Waals surface area (Å²) in [4.78, 5) is 0. The van der Waals surface area contributed by atoms with Crippen LogP contribution < -0.4 is 10.1 Å². The monoisotopic (exact) mass is 325 g/mol. The number of anilines is 1. The molecular formula is C17H18F3NO2. The lowest BCUT2D eigenvalue weighted by molar-refractivity contribution is -0.153. The van der Waals surface area contributed by atoms with Crippen molar-refractivity contribution in [3.05, 3.63) is 59.2 Å². The number of rotatable bonds is 6. The zero-order valence-corrected chi connectivity index (χ0v) is 12.7. The lowest BCUT2D eigenvalue weighted by Gasteiger charge is -2.15. The highest BCUT2D eigenvalue weighted by Crippen LogP contribution is 2.27. The topological polar surface area (TPSA) is 41.5 Å². The van der Waals surface area contributed by atoms with Gasteiger partial charge >= 0.3 is 6.18 Å². The Labute approximate surface area is 132 Å². The van der Waals surface area contributed by atoms with E-state index >= 15 is 0 Å². The van der Waals surface area contributed by atoms with E-state index in [2.05, 4.69) is 5.32 Å². The van der Waals surface area contributed by atoms with Crippen LogP contribution in [0.2, 0.25) is 0 Å². The third kappa shape index (κ3) is 5.17. The van der Waals surface area contributed by atoms with Gasteiger partial charge in [0.25, 0.3) is 0 Å². The van der Waals surface area contributed by atoms with E-state index in [1.165, 1.54) is 6.07 Å². The summed E-state index contributed by atoms with van der Waals surface area (Å²) in [6.07, 6.45) is -4.36. The number of benzene rings is 2. The summed E-state index contributed by atoms with van der Waals surface area (Å²) in [5, 5.41) is 12.2. The smallest absolute Gasteiger partial charge is 0.422 e. The average molecular weight is 325 g/mol. The van der Waals surface area contributed by atoms with Crippen molar-refractivity contribution in [1.29, 1.82) is 0 Å². The first-order chi connectivity index (χ1) is 10.9. The highest BCUT2D eigenvalue weighted by Gasteiger charge is 2.28. The van der Waals surface area contributed by atoms with Crippen LogP contribution in [-0.2, 0) is 13.2 Å². The standard InChI is InChI=1S/C17H18F3NO2/c1-12-15(3-2-4-16(12)23-11-17(18,19)20)21-9-13-5-7-14(10-22)8-6-13/h2-8,21-22H,9-11H2,1H3. The lowest BCUT2D eigenvalue weighted by atomic mass is 10.1. The van der Waals surface area contributed by atoms with Crippen molar-refractivity contribution in [3.8, 4) is 5.75 Å². The molecule has 0 saturated heterocycles. The molecule has 3 nitrogen and oxygen atoms in total. The number of alkyl halides is 3. The molecule has 0 fully saturated rings. The first-order valence-electron chi connectivity index (χ1n) is 7.11. The fourth-order valence-electron chi connectivity index (χ4n) is 2.08. The number of hydrogen-bond donors (Lipinski definition) is 2. The Morgan fingerprint density at radius 2 is 1.70 bits per heavy atom. The van der Waals surface area contributed by atoms with E-state index in [-0.39, 0.29) is 12.4 Å². The fraction of sp³-hybridized carbons (Fsp3) is 0.294. The molecule has 0 spiro atoms. The molecule has 0 radical (unpaired) electrons. The summed E-state index contributed by atoms with van der Waals surface area (Å²) in [6.45, 7) is 0.920. The number of aliphatic hydroxyl groups is 1. The van der Waals surface area contributed by atoms with Gasteiger partial charge in [0.2, 0.25) is 0 Å². The van der Waals surface area contributed by atoms with Crippen LogP contribution in [0.5, 0.6) is 5.75 Å². The minimum absolute atomic E-state index is 0.00853. The molecule has 2 rings (SSSR count). The average Bonchev–Trinajstić information content (AvgIpc) is 2.52. The van der Waals surface area contributed by atoms with E-state index in [4.69, 9.17) is 9.84 Å². The molecule has 2 N–H and O–H groups in total. The molecule has 2 aromatic rings. The maximum atomic E-state index is 12.2. The van der Waals surface area contributed by atoms with Crippen molar-refractivity contribution >= 4 is 5.69 Å². The second-order valence-electron chi connectivity index (χ2n) is 5.16. The minimum Gasteiger partial charge on any atom is -0.484 e. The molecule has 0 heterocycles. The molecule has 0 aliphatic carbocycles. The van der Waals surface area contributed by atoms with E-state index < -0.39 is 12.8 Å². The molecule has 0 aliphatic heterocycles. The van der Waals surface area contributed by atoms with Crippen molar-refractivity contribution in [2.24, 2.45) is 0 Å². The Kier molecular flexibility index (Phi) is 5.50. The lowest BCUT2D eigenvalue weighted by Crippen LogP contribution is -2.19. The molecule has 0 amide bonds. The Balaban J connectivity index is 2.02. The molecule has 0 unspecified atom stereocenters. The quantitative estimate of drug-likeness (QED) is 0.842. The van der Waals surface area contributed by atoms with Crippen molar-refractivity contribution in [1.82, 2.24) is 0 Å². The summed E-state index contributed by atoms with van der Waals surface area (Å²) in [6, 6.07) is 12.4. The molecule has 2 aromatic carbocycles. The number of halogens is 3. The minimum atomic E-state index is -4.36. The molecule has 124 valence electrons. The van der Waals surface area contributed by atoms with Crippen LogP contribution in [-0.4, -0.2) is 17.9 Å². The maximum absolute atomic E-state index is 12.2. The summed E-state index contributed by atoms with van der Waals surface area (Å²) >= 11 is 0. The van der Waals surface area contributed by atoms with Gasteiger partial charge in [-0.2, -0.15) is 13.2 Å². The molecule has 6 heteroatoms. The van der Waals surface area contributed by atoms with Crippen LogP contribution in [0.15, 0.2) is 42.5 Å². The number of aliphatic hydroxyl groups excluding tert-OH is 1. The Morgan fingerprint density at radius 1 is 1.04 bits per heavy atom. The van der Waals surface area contributed by atoms with Crippen LogP contribution in [0.3, 0.4) is 0 Å². The predicted octanol–water partition coefficient (Wildman–Crippen LogP) is 4.04. The highest BCUT2D eigenvalue weighted by molar-refractivity contribution is 5.57. The van der Waals surface area contributed by atoms with Gasteiger partial charge < -0.3 is 15.2 Å². The third-order valence-electron chi connectivity index (χ3n) is 3.36. The van der Waals surface area contributed by atoms with Gasteiger partial charge in [-0.25, -0.2) is 0 Å². The van der Waals surface area contributed by atoms with Gasteiger partial charge in [-0.05, 0) is 30.2 Å². The summed E-state index contributed by atoms with van der Waals surface area (Å²) in [5.74, 6) is 0.211. The van der Waals surface area contributed by atoms with Crippen LogP contribution in [0.4, 0.5) is 18.9 Å². The SMILES string of the molecule is Cc1c(NCc2ccc(CO)cc2)cccc1OCC(F)(F)F. The summed E-state index contributed by atoms with van der Waals surface area (Å²) in [7, 11) is 0. The van der Waals surface area contributed by atoms with Crippen LogP contribution in [0, 0.1) is 6.92 Å². The third-order valence-corrected chi connectivity index (χ3v) is 3.36. The summed E-state index contributed by atoms with van der Waals surface area (Å²) < 4.78 is 41.6. The molecular weight excluding hydrogens is 307 g/mol. The fourth-order valence-corrected chi connectivity index (χ4v) is 2.08. The van der Waals surface area contributed by atoms with Gasteiger partial charge in [-0.15, -0.1) is 0 Å². The van der Waals surface area contributed by atoms with Crippen molar-refractivity contribution in [2.75, 3.05) is 11.9 Å². The van der Waals surface area contributed by atoms with E-state index in [9.17, 15) is 13.2 Å². The van der Waals surface area contributed by atoms with E-state index in [0.717, 1.165) is 16.8 Å². The zero-order chi connectivity index (χ0) is 16.9. The van der Waals surface area contributed by atoms with Gasteiger partial charge in [0, 0.05) is 17.8 Å². The molecule has 0 aliphatic rings. The first-order valence-corrected chi connectivity index (χ1v) is 7.11. The Morgan fingerprint density at radius 3 is 2.30 bits per heavy atom. The number of nitrogens with one attached hydrogen (secondary N) is 1. The molecule has 0 aromatic heterocycles. The van der Waals surface area contributed by atoms with E-state index in [1.54, 1.807) is 19.1 Å². The Bertz CT molecular complexity index is 639. The normalized spacial score (nSPS) is 11.3. The number of ether oxygens (including phenoxy) is 1. The largest absolute Gasteiger partial charge is 0.484 e. The first kappa shape index (κ1) is 17.1. The zero-order valence-electron chi connectivity index (χ0n) is 12.7. The van der Waals surface area contributed by atoms with Crippen LogP contribution in [0.1, 0.15) is 16.7 Å². The molecule has 0 bridgehead atoms. The maximum Gasteiger partial charge on any atom is 0.422 e. The highest BCUT2D eigenvalue weighted by atomic mass is 19.4. The second-order valence-corrected chi connectivity index (χ2v) is 5.16. The number of hydrogen-bond acceptors (Lipinski definition) is 3. The molecule has 0 saturated carbocycles. The van der Waals surface area contributed by atoms with Gasteiger partial charge in [-0.3, -0.25) is 0 Å². The van der Waals surface area contributed by atoms with Crippen molar-refractivity contribution in [3.63, 3.8) is 0 Å². The van der Waals surface area contributed by atoms with Crippen molar-refractivity contribution in [2.45, 2.75) is 26.3 Å². The van der Waals surface area contributed by atoms with Crippen LogP contribution >= 0.6 is 0 Å². The van der Waals surface area contributed by atoms with Gasteiger partial charge in [0.05, 0.1) is 6.61 Å². The predicted molar refractivity (Wildman–Crippen MR) is 82.4 cm³/mol. The van der Waals surface area contributed by atoms with Gasteiger partial charge in [0.15, 0.2) is 6.61 Å². The Hall–Kier alpha value is -2.21. The van der Waals surface area contributed by atoms with E-state index in [1.807, 2.05) is 24.3 Å². The molecule has 23 heavy (non-hydrogen) atoms. The van der Waals surface area contributed by atoms with Crippen LogP contribution in [0.25, 0.3) is 0 Å². The van der Waals surface area contributed by atoms with Gasteiger partial charge in [-0.1, -0.05) is 30.3 Å². The second kappa shape index (κ2) is 7.37. The van der Waals surface area contributed by atoms with E-state index in [0.29, 0.717) is 12.1 Å². The van der Waals surface area contributed by atoms with Crippen molar-refractivity contribution < 1.29 is 23.0 Å².